The number of rotatable bonds is 7. The van der Waals surface area contributed by atoms with Crippen LogP contribution in [0.15, 0.2) is 28.7 Å². The highest BCUT2D eigenvalue weighted by Gasteiger charge is 2.28. The summed E-state index contributed by atoms with van der Waals surface area (Å²) in [5.41, 5.74) is 0.704. The fourth-order valence-corrected chi connectivity index (χ4v) is 3.65. The quantitative estimate of drug-likeness (QED) is 0.695. The Labute approximate surface area is 165 Å². The summed E-state index contributed by atoms with van der Waals surface area (Å²) < 4.78 is 0.965. The van der Waals surface area contributed by atoms with Crippen LogP contribution in [-0.2, 0) is 4.79 Å². The predicted molar refractivity (Wildman–Crippen MR) is 109 cm³/mol. The van der Waals surface area contributed by atoms with Crippen LogP contribution in [0.4, 0.5) is 0 Å². The molecule has 0 bridgehead atoms. The Morgan fingerprint density at radius 3 is 2.31 bits per heavy atom. The SMILES string of the molecule is CC(C)CCCC(C)NC(=O)C1CCN(C(=O)c2ccc(Br)cc2)CC1. The van der Waals surface area contributed by atoms with Gasteiger partial charge in [-0.1, -0.05) is 42.6 Å². The molecule has 0 spiro atoms. The molecule has 0 aliphatic carbocycles. The van der Waals surface area contributed by atoms with E-state index >= 15 is 0 Å². The summed E-state index contributed by atoms with van der Waals surface area (Å²) in [4.78, 5) is 26.9. The van der Waals surface area contributed by atoms with Gasteiger partial charge < -0.3 is 10.2 Å². The maximum atomic E-state index is 12.5. The number of hydrogen-bond acceptors (Lipinski definition) is 2. The standard InChI is InChI=1S/C21H31BrN2O2/c1-15(2)5-4-6-16(3)23-20(25)17-11-13-24(14-12-17)21(26)18-7-9-19(22)10-8-18/h7-10,15-17H,4-6,11-14H2,1-3H3,(H,23,25). The number of carbonyl (C=O) groups is 2. The molecule has 1 aliphatic heterocycles. The highest BCUT2D eigenvalue weighted by atomic mass is 79.9. The van der Waals surface area contributed by atoms with Crippen molar-refractivity contribution in [3.63, 3.8) is 0 Å². The molecule has 0 radical (unpaired) electrons. The molecule has 1 heterocycles. The Morgan fingerprint density at radius 1 is 1.12 bits per heavy atom. The van der Waals surface area contributed by atoms with E-state index in [1.807, 2.05) is 29.2 Å². The fraction of sp³-hybridized carbons (Fsp3) is 0.619. The van der Waals surface area contributed by atoms with Crippen molar-refractivity contribution in [2.24, 2.45) is 11.8 Å². The minimum atomic E-state index is 0.0246. The summed E-state index contributed by atoms with van der Waals surface area (Å²) in [6, 6.07) is 7.67. The van der Waals surface area contributed by atoms with Gasteiger partial charge in [0, 0.05) is 35.1 Å². The van der Waals surface area contributed by atoms with Gasteiger partial charge in [-0.05, 0) is 56.4 Å². The Morgan fingerprint density at radius 2 is 1.73 bits per heavy atom. The Balaban J connectivity index is 1.75. The van der Waals surface area contributed by atoms with Gasteiger partial charge in [0.05, 0.1) is 0 Å². The highest BCUT2D eigenvalue weighted by Crippen LogP contribution is 2.20. The third-order valence-corrected chi connectivity index (χ3v) is 5.58. The molecule has 2 amide bonds. The number of nitrogens with zero attached hydrogens (tertiary/aromatic N) is 1. The third kappa shape index (κ3) is 6.42. The number of benzene rings is 1. The molecule has 1 atom stereocenters. The van der Waals surface area contributed by atoms with Crippen molar-refractivity contribution in [1.29, 1.82) is 0 Å². The van der Waals surface area contributed by atoms with Crippen LogP contribution >= 0.6 is 15.9 Å². The number of nitrogens with one attached hydrogen (secondary N) is 1. The minimum Gasteiger partial charge on any atom is -0.353 e. The van der Waals surface area contributed by atoms with E-state index in [0.717, 1.165) is 30.2 Å². The molecule has 1 aromatic carbocycles. The largest absolute Gasteiger partial charge is 0.353 e. The molecule has 0 aromatic heterocycles. The second kappa shape index (κ2) is 10.1. The van der Waals surface area contributed by atoms with Crippen molar-refractivity contribution in [3.05, 3.63) is 34.3 Å². The van der Waals surface area contributed by atoms with E-state index in [9.17, 15) is 9.59 Å². The summed E-state index contributed by atoms with van der Waals surface area (Å²) in [5, 5.41) is 3.16. The van der Waals surface area contributed by atoms with Crippen LogP contribution in [0.25, 0.3) is 0 Å². The summed E-state index contributed by atoms with van der Waals surface area (Å²) in [6.45, 7) is 7.84. The second-order valence-electron chi connectivity index (χ2n) is 7.81. The van der Waals surface area contributed by atoms with E-state index in [-0.39, 0.29) is 23.8 Å². The molecule has 1 fully saturated rings. The van der Waals surface area contributed by atoms with Crippen molar-refractivity contribution in [2.45, 2.75) is 58.9 Å². The van der Waals surface area contributed by atoms with E-state index in [4.69, 9.17) is 0 Å². The number of halogens is 1. The topological polar surface area (TPSA) is 49.4 Å². The molecule has 1 N–H and O–H groups in total. The van der Waals surface area contributed by atoms with Gasteiger partial charge in [0.2, 0.25) is 5.91 Å². The summed E-state index contributed by atoms with van der Waals surface area (Å²) >= 11 is 3.39. The fourth-order valence-electron chi connectivity index (χ4n) is 3.38. The Kier molecular flexibility index (Phi) is 8.14. The van der Waals surface area contributed by atoms with Crippen molar-refractivity contribution in [1.82, 2.24) is 10.2 Å². The van der Waals surface area contributed by atoms with Crippen LogP contribution in [0, 0.1) is 11.8 Å². The first-order valence-electron chi connectivity index (χ1n) is 9.72. The molecule has 1 unspecified atom stereocenters. The monoisotopic (exact) mass is 422 g/mol. The second-order valence-corrected chi connectivity index (χ2v) is 8.72. The van der Waals surface area contributed by atoms with Crippen molar-refractivity contribution >= 4 is 27.7 Å². The zero-order chi connectivity index (χ0) is 19.1. The van der Waals surface area contributed by atoms with E-state index in [0.29, 0.717) is 24.6 Å². The number of likely N-dealkylation sites (tertiary alicyclic amines) is 1. The average Bonchev–Trinajstić information content (AvgIpc) is 2.61. The van der Waals surface area contributed by atoms with Gasteiger partial charge in [0.1, 0.15) is 0 Å². The van der Waals surface area contributed by atoms with Gasteiger partial charge in [-0.25, -0.2) is 0 Å². The summed E-state index contributed by atoms with van der Waals surface area (Å²) in [5.74, 6) is 0.943. The highest BCUT2D eigenvalue weighted by molar-refractivity contribution is 9.10. The maximum Gasteiger partial charge on any atom is 0.253 e. The molecular formula is C21H31BrN2O2. The van der Waals surface area contributed by atoms with E-state index in [1.165, 1.54) is 6.42 Å². The maximum absolute atomic E-state index is 12.5. The lowest BCUT2D eigenvalue weighted by atomic mass is 9.94. The molecule has 0 saturated carbocycles. The third-order valence-electron chi connectivity index (χ3n) is 5.05. The minimum absolute atomic E-state index is 0.0246. The van der Waals surface area contributed by atoms with Crippen LogP contribution in [0.1, 0.15) is 63.2 Å². The molecule has 1 aromatic rings. The van der Waals surface area contributed by atoms with Gasteiger partial charge in [0.25, 0.3) is 5.91 Å². The molecule has 144 valence electrons. The van der Waals surface area contributed by atoms with Crippen molar-refractivity contribution < 1.29 is 9.59 Å². The normalized spacial score (nSPS) is 16.6. The lowest BCUT2D eigenvalue weighted by Gasteiger charge is -2.32. The van der Waals surface area contributed by atoms with Gasteiger partial charge in [-0.3, -0.25) is 9.59 Å². The first-order valence-corrected chi connectivity index (χ1v) is 10.5. The molecular weight excluding hydrogens is 392 g/mol. The van der Waals surface area contributed by atoms with Crippen molar-refractivity contribution in [3.8, 4) is 0 Å². The van der Waals surface area contributed by atoms with Crippen LogP contribution in [0.2, 0.25) is 0 Å². The van der Waals surface area contributed by atoms with Gasteiger partial charge in [-0.15, -0.1) is 0 Å². The predicted octanol–water partition coefficient (Wildman–Crippen LogP) is 4.63. The van der Waals surface area contributed by atoms with Crippen LogP contribution in [0.3, 0.4) is 0 Å². The smallest absolute Gasteiger partial charge is 0.253 e. The van der Waals surface area contributed by atoms with Gasteiger partial charge >= 0.3 is 0 Å². The number of amides is 2. The Bertz CT molecular complexity index is 593. The zero-order valence-corrected chi connectivity index (χ0v) is 17.7. The van der Waals surface area contributed by atoms with Crippen LogP contribution in [-0.4, -0.2) is 35.8 Å². The Hall–Kier alpha value is -1.36. The van der Waals surface area contributed by atoms with Gasteiger partial charge in [0.15, 0.2) is 0 Å². The lowest BCUT2D eigenvalue weighted by Crippen LogP contribution is -2.44. The number of carbonyl (C=O) groups excluding carboxylic acids is 2. The molecule has 1 aliphatic rings. The molecule has 4 nitrogen and oxygen atoms in total. The first kappa shape index (κ1) is 20.9. The lowest BCUT2D eigenvalue weighted by molar-refractivity contribution is -0.126. The zero-order valence-electron chi connectivity index (χ0n) is 16.1. The molecule has 1 saturated heterocycles. The van der Waals surface area contributed by atoms with E-state index < -0.39 is 0 Å². The summed E-state index contributed by atoms with van der Waals surface area (Å²) in [6.07, 6.45) is 4.88. The van der Waals surface area contributed by atoms with E-state index in [2.05, 4.69) is 42.0 Å². The summed E-state index contributed by atoms with van der Waals surface area (Å²) in [7, 11) is 0. The molecule has 26 heavy (non-hydrogen) atoms. The molecule has 5 heteroatoms. The number of hydrogen-bond donors (Lipinski definition) is 1. The van der Waals surface area contributed by atoms with Crippen LogP contribution < -0.4 is 5.32 Å². The van der Waals surface area contributed by atoms with Gasteiger partial charge in [-0.2, -0.15) is 0 Å². The van der Waals surface area contributed by atoms with E-state index in [1.54, 1.807) is 0 Å². The van der Waals surface area contributed by atoms with Crippen LogP contribution in [0.5, 0.6) is 0 Å². The average molecular weight is 423 g/mol. The first-order chi connectivity index (χ1) is 12.4. The van der Waals surface area contributed by atoms with Crippen molar-refractivity contribution in [2.75, 3.05) is 13.1 Å². The number of piperidine rings is 1. The molecule has 2 rings (SSSR count).